The fourth-order valence-electron chi connectivity index (χ4n) is 2.86. The third-order valence-electron chi connectivity index (χ3n) is 4.09. The summed E-state index contributed by atoms with van der Waals surface area (Å²) in [5.74, 6) is -0.0822. The van der Waals surface area contributed by atoms with Gasteiger partial charge in [0, 0.05) is 25.7 Å². The maximum absolute atomic E-state index is 13.7. The number of likely N-dealkylation sites (tertiary alicyclic amines) is 1. The molecule has 0 spiro atoms. The maximum Gasteiger partial charge on any atom is 0.407 e. The summed E-state index contributed by atoms with van der Waals surface area (Å²) in [6, 6.07) is 4.96. The molecule has 2 rings (SSSR count). The van der Waals surface area contributed by atoms with Gasteiger partial charge in [-0.25, -0.2) is 9.18 Å². The van der Waals surface area contributed by atoms with E-state index >= 15 is 0 Å². The molecular formula is C19H28BrFN2O3. The molecule has 1 aliphatic heterocycles. The summed E-state index contributed by atoms with van der Waals surface area (Å²) in [5.41, 5.74) is -0.474. The van der Waals surface area contributed by atoms with Gasteiger partial charge in [-0.15, -0.1) is 0 Å². The van der Waals surface area contributed by atoms with E-state index in [0.717, 1.165) is 38.9 Å². The lowest BCUT2D eigenvalue weighted by Crippen LogP contribution is -2.46. The molecule has 1 aromatic carbocycles. The number of amides is 1. The van der Waals surface area contributed by atoms with Crippen molar-refractivity contribution in [3.8, 4) is 5.75 Å². The van der Waals surface area contributed by atoms with E-state index in [1.165, 1.54) is 6.07 Å². The number of carbonyl (C=O) groups excluding carboxylic acids is 1. The van der Waals surface area contributed by atoms with E-state index in [4.69, 9.17) is 9.47 Å². The Balaban J connectivity index is 1.63. The maximum atomic E-state index is 13.7. The van der Waals surface area contributed by atoms with Crippen LogP contribution in [0.2, 0.25) is 0 Å². The molecule has 1 aromatic rings. The number of ether oxygens (including phenoxy) is 2. The van der Waals surface area contributed by atoms with Crippen LogP contribution in [0.4, 0.5) is 9.18 Å². The molecule has 5 nitrogen and oxygen atoms in total. The highest BCUT2D eigenvalue weighted by Crippen LogP contribution is 2.27. The summed E-state index contributed by atoms with van der Waals surface area (Å²) in [4.78, 5) is 14.2. The smallest absolute Gasteiger partial charge is 0.407 e. The molecule has 0 bridgehead atoms. The largest absolute Gasteiger partial charge is 0.489 e. The predicted octanol–water partition coefficient (Wildman–Crippen LogP) is 4.35. The molecule has 1 heterocycles. The van der Waals surface area contributed by atoms with Crippen molar-refractivity contribution in [2.24, 2.45) is 0 Å². The number of alkyl carbamates (subject to hydrolysis) is 1. The molecule has 0 aromatic heterocycles. The van der Waals surface area contributed by atoms with E-state index in [2.05, 4.69) is 26.1 Å². The Kier molecular flexibility index (Phi) is 7.70. The topological polar surface area (TPSA) is 50.8 Å². The van der Waals surface area contributed by atoms with Crippen molar-refractivity contribution in [2.75, 3.05) is 26.2 Å². The third kappa shape index (κ3) is 7.11. The first-order valence-corrected chi connectivity index (χ1v) is 9.82. The van der Waals surface area contributed by atoms with Crippen LogP contribution < -0.4 is 10.1 Å². The van der Waals surface area contributed by atoms with Gasteiger partial charge in [0.05, 0.1) is 11.1 Å². The Bertz CT molecular complexity index is 579. The van der Waals surface area contributed by atoms with Crippen LogP contribution in [0.5, 0.6) is 5.75 Å². The normalized spacial score (nSPS) is 16.3. The number of piperidine rings is 1. The SMILES string of the molecule is CC(C)(C)OC(=O)NC1CCN(CCCOc2c(F)cccc2Br)CC1. The fraction of sp³-hybridized carbons (Fsp3) is 0.632. The molecule has 0 unspecified atom stereocenters. The van der Waals surface area contributed by atoms with Crippen molar-refractivity contribution in [3.63, 3.8) is 0 Å². The molecule has 1 amide bonds. The van der Waals surface area contributed by atoms with Crippen molar-refractivity contribution in [3.05, 3.63) is 28.5 Å². The summed E-state index contributed by atoms with van der Waals surface area (Å²) in [6.07, 6.45) is 2.28. The van der Waals surface area contributed by atoms with E-state index in [1.54, 1.807) is 12.1 Å². The van der Waals surface area contributed by atoms with Crippen LogP contribution in [0, 0.1) is 5.82 Å². The molecule has 1 aliphatic rings. The highest BCUT2D eigenvalue weighted by atomic mass is 79.9. The zero-order chi connectivity index (χ0) is 19.2. The third-order valence-corrected chi connectivity index (χ3v) is 4.72. The van der Waals surface area contributed by atoms with Crippen molar-refractivity contribution in [1.29, 1.82) is 0 Å². The number of halogens is 2. The predicted molar refractivity (Wildman–Crippen MR) is 103 cm³/mol. The summed E-state index contributed by atoms with van der Waals surface area (Å²) >= 11 is 3.30. The monoisotopic (exact) mass is 430 g/mol. The highest BCUT2D eigenvalue weighted by molar-refractivity contribution is 9.10. The Hall–Kier alpha value is -1.34. The molecule has 7 heteroatoms. The number of para-hydroxylation sites is 1. The zero-order valence-corrected chi connectivity index (χ0v) is 17.3. The van der Waals surface area contributed by atoms with E-state index in [9.17, 15) is 9.18 Å². The number of hydrogen-bond acceptors (Lipinski definition) is 4. The molecule has 1 N–H and O–H groups in total. The first kappa shape index (κ1) is 21.0. The van der Waals surface area contributed by atoms with Gasteiger partial charge in [-0.3, -0.25) is 0 Å². The van der Waals surface area contributed by atoms with Gasteiger partial charge in [0.1, 0.15) is 5.60 Å². The van der Waals surface area contributed by atoms with Crippen LogP contribution in [-0.2, 0) is 4.74 Å². The van der Waals surface area contributed by atoms with E-state index in [0.29, 0.717) is 11.1 Å². The quantitative estimate of drug-likeness (QED) is 0.681. The van der Waals surface area contributed by atoms with Gasteiger partial charge in [-0.05, 0) is 68.1 Å². The fourth-order valence-corrected chi connectivity index (χ4v) is 3.31. The van der Waals surface area contributed by atoms with Crippen LogP contribution in [0.25, 0.3) is 0 Å². The Morgan fingerprint density at radius 3 is 2.65 bits per heavy atom. The van der Waals surface area contributed by atoms with Crippen LogP contribution in [0.3, 0.4) is 0 Å². The van der Waals surface area contributed by atoms with Gasteiger partial charge in [0.25, 0.3) is 0 Å². The minimum absolute atomic E-state index is 0.159. The summed E-state index contributed by atoms with van der Waals surface area (Å²) in [7, 11) is 0. The molecule has 146 valence electrons. The number of rotatable bonds is 6. The number of benzene rings is 1. The lowest BCUT2D eigenvalue weighted by atomic mass is 10.1. The molecule has 0 atom stereocenters. The van der Waals surface area contributed by atoms with Gasteiger partial charge in [-0.1, -0.05) is 6.07 Å². The lowest BCUT2D eigenvalue weighted by molar-refractivity contribution is 0.0478. The molecule has 1 fully saturated rings. The minimum Gasteiger partial charge on any atom is -0.489 e. The van der Waals surface area contributed by atoms with Crippen molar-refractivity contribution < 1.29 is 18.7 Å². The lowest BCUT2D eigenvalue weighted by Gasteiger charge is -2.32. The van der Waals surface area contributed by atoms with Crippen molar-refractivity contribution in [1.82, 2.24) is 10.2 Å². The zero-order valence-electron chi connectivity index (χ0n) is 15.7. The Labute approximate surface area is 163 Å². The molecule has 0 saturated carbocycles. The Morgan fingerprint density at radius 2 is 2.04 bits per heavy atom. The van der Waals surface area contributed by atoms with E-state index in [1.807, 2.05) is 20.8 Å². The van der Waals surface area contributed by atoms with Crippen LogP contribution in [-0.4, -0.2) is 48.9 Å². The molecular weight excluding hydrogens is 403 g/mol. The first-order valence-electron chi connectivity index (χ1n) is 9.03. The average molecular weight is 431 g/mol. The first-order chi connectivity index (χ1) is 12.2. The summed E-state index contributed by atoms with van der Waals surface area (Å²) in [6.45, 7) is 8.78. The molecule has 1 saturated heterocycles. The van der Waals surface area contributed by atoms with Gasteiger partial charge < -0.3 is 19.7 Å². The number of nitrogens with one attached hydrogen (secondary N) is 1. The number of carbonyl (C=O) groups is 1. The van der Waals surface area contributed by atoms with Gasteiger partial charge >= 0.3 is 6.09 Å². The van der Waals surface area contributed by atoms with Crippen LogP contribution in [0.1, 0.15) is 40.0 Å². The molecule has 0 aliphatic carbocycles. The summed E-state index contributed by atoms with van der Waals surface area (Å²) in [5, 5.41) is 2.94. The summed E-state index contributed by atoms with van der Waals surface area (Å²) < 4.78 is 25.2. The van der Waals surface area contributed by atoms with E-state index in [-0.39, 0.29) is 23.7 Å². The second-order valence-electron chi connectivity index (χ2n) is 7.51. The standard InChI is InChI=1S/C19H28BrFN2O3/c1-19(2,3)26-18(24)22-14-8-11-23(12-9-14)10-5-13-25-17-15(20)6-4-7-16(17)21/h4,6-7,14H,5,8-13H2,1-3H3,(H,22,24). The highest BCUT2D eigenvalue weighted by Gasteiger charge is 2.23. The van der Waals surface area contributed by atoms with Gasteiger partial charge in [-0.2, -0.15) is 0 Å². The van der Waals surface area contributed by atoms with Crippen molar-refractivity contribution in [2.45, 2.75) is 51.7 Å². The second-order valence-corrected chi connectivity index (χ2v) is 8.37. The van der Waals surface area contributed by atoms with Gasteiger partial charge in [0.2, 0.25) is 0 Å². The molecule has 26 heavy (non-hydrogen) atoms. The van der Waals surface area contributed by atoms with E-state index < -0.39 is 5.60 Å². The van der Waals surface area contributed by atoms with Crippen LogP contribution >= 0.6 is 15.9 Å². The Morgan fingerprint density at radius 1 is 1.35 bits per heavy atom. The number of hydrogen-bond donors (Lipinski definition) is 1. The average Bonchev–Trinajstić information content (AvgIpc) is 2.53. The second kappa shape index (κ2) is 9.55. The molecule has 0 radical (unpaired) electrons. The minimum atomic E-state index is -0.474. The van der Waals surface area contributed by atoms with Gasteiger partial charge in [0.15, 0.2) is 11.6 Å². The van der Waals surface area contributed by atoms with Crippen molar-refractivity contribution >= 4 is 22.0 Å². The number of nitrogens with zero attached hydrogens (tertiary/aromatic N) is 1. The van der Waals surface area contributed by atoms with Crippen LogP contribution in [0.15, 0.2) is 22.7 Å².